The fourth-order valence-corrected chi connectivity index (χ4v) is 1.93. The molecular weight excluding hydrogens is 252 g/mol. The predicted octanol–water partition coefficient (Wildman–Crippen LogP) is 1.26. The summed E-state index contributed by atoms with van der Waals surface area (Å²) < 4.78 is 2.00. The Hall–Kier alpha value is -1.95. The van der Waals surface area contributed by atoms with Crippen LogP contribution in [-0.4, -0.2) is 33.1 Å². The summed E-state index contributed by atoms with van der Waals surface area (Å²) in [6, 6.07) is 0. The van der Waals surface area contributed by atoms with Crippen molar-refractivity contribution in [2.75, 3.05) is 18.5 Å². The van der Waals surface area contributed by atoms with Gasteiger partial charge in [-0.05, 0) is 13.5 Å². The van der Waals surface area contributed by atoms with Gasteiger partial charge in [-0.25, -0.2) is 15.0 Å². The first-order valence-corrected chi connectivity index (χ1v) is 6.82. The third kappa shape index (κ3) is 3.33. The number of aromatic nitrogens is 4. The van der Waals surface area contributed by atoms with Crippen LogP contribution < -0.4 is 10.2 Å². The van der Waals surface area contributed by atoms with Gasteiger partial charge in [-0.3, -0.25) is 0 Å². The lowest BCUT2D eigenvalue weighted by atomic mass is 10.2. The Balaban J connectivity index is 2.08. The molecule has 2 rings (SSSR count). The number of nitrogens with one attached hydrogen (secondary N) is 1. The number of anilines is 1. The van der Waals surface area contributed by atoms with Gasteiger partial charge < -0.3 is 14.8 Å². The molecule has 6 nitrogen and oxygen atoms in total. The van der Waals surface area contributed by atoms with E-state index in [0.717, 1.165) is 36.1 Å². The number of nitrogens with zero attached hydrogens (tertiary/aromatic N) is 5. The van der Waals surface area contributed by atoms with Crippen LogP contribution in [0.25, 0.3) is 0 Å². The quantitative estimate of drug-likeness (QED) is 0.859. The van der Waals surface area contributed by atoms with Crippen LogP contribution in [0.4, 0.5) is 5.95 Å². The highest BCUT2D eigenvalue weighted by molar-refractivity contribution is 5.32. The van der Waals surface area contributed by atoms with E-state index in [0.29, 0.717) is 6.54 Å². The zero-order chi connectivity index (χ0) is 14.5. The molecule has 0 unspecified atom stereocenters. The first-order chi connectivity index (χ1) is 9.61. The molecule has 0 fully saturated rings. The Bertz CT molecular complexity index is 563. The normalized spacial score (nSPS) is 10.8. The van der Waals surface area contributed by atoms with Gasteiger partial charge in [0.25, 0.3) is 0 Å². The van der Waals surface area contributed by atoms with Crippen LogP contribution in [0.3, 0.4) is 0 Å². The summed E-state index contributed by atoms with van der Waals surface area (Å²) in [7, 11) is 3.97. The molecule has 0 radical (unpaired) electrons. The van der Waals surface area contributed by atoms with Crippen LogP contribution in [0.1, 0.15) is 24.0 Å². The second-order valence-electron chi connectivity index (χ2n) is 4.87. The molecule has 0 atom stereocenters. The molecule has 0 saturated carbocycles. The number of imidazole rings is 1. The van der Waals surface area contributed by atoms with Gasteiger partial charge in [0, 0.05) is 50.5 Å². The van der Waals surface area contributed by atoms with Gasteiger partial charge in [-0.1, -0.05) is 6.92 Å². The van der Waals surface area contributed by atoms with Gasteiger partial charge in [-0.2, -0.15) is 0 Å². The number of rotatable bonds is 6. The van der Waals surface area contributed by atoms with Crippen LogP contribution in [0.5, 0.6) is 0 Å². The van der Waals surface area contributed by atoms with E-state index < -0.39 is 0 Å². The summed E-state index contributed by atoms with van der Waals surface area (Å²) >= 11 is 0. The highest BCUT2D eigenvalue weighted by atomic mass is 15.2. The van der Waals surface area contributed by atoms with Crippen molar-refractivity contribution in [1.29, 1.82) is 0 Å². The highest BCUT2D eigenvalue weighted by Crippen LogP contribution is 2.12. The Kier molecular flexibility index (Phi) is 4.68. The van der Waals surface area contributed by atoms with Crippen LogP contribution >= 0.6 is 0 Å². The molecule has 2 aromatic heterocycles. The molecule has 0 saturated heterocycles. The molecular formula is C14H22N6. The molecule has 0 aliphatic carbocycles. The van der Waals surface area contributed by atoms with Crippen molar-refractivity contribution >= 4 is 5.95 Å². The summed E-state index contributed by atoms with van der Waals surface area (Å²) in [5, 5.41) is 3.29. The van der Waals surface area contributed by atoms with Crippen molar-refractivity contribution in [1.82, 2.24) is 24.8 Å². The predicted molar refractivity (Wildman–Crippen MR) is 79.5 cm³/mol. The van der Waals surface area contributed by atoms with E-state index in [2.05, 4.69) is 27.2 Å². The summed E-state index contributed by atoms with van der Waals surface area (Å²) in [4.78, 5) is 15.3. The van der Waals surface area contributed by atoms with Gasteiger partial charge >= 0.3 is 0 Å². The van der Waals surface area contributed by atoms with Gasteiger partial charge in [-0.15, -0.1) is 0 Å². The lowest BCUT2D eigenvalue weighted by Crippen LogP contribution is -2.22. The van der Waals surface area contributed by atoms with Gasteiger partial charge in [0.1, 0.15) is 5.82 Å². The van der Waals surface area contributed by atoms with Gasteiger partial charge in [0.15, 0.2) is 0 Å². The minimum atomic E-state index is 0.690. The van der Waals surface area contributed by atoms with Crippen LogP contribution in [0, 0.1) is 6.92 Å². The van der Waals surface area contributed by atoms with Crippen molar-refractivity contribution in [3.63, 3.8) is 0 Å². The molecule has 108 valence electrons. The summed E-state index contributed by atoms with van der Waals surface area (Å²) in [6.07, 6.45) is 5.64. The maximum Gasteiger partial charge on any atom is 0.225 e. The Morgan fingerprint density at radius 3 is 2.75 bits per heavy atom. The average Bonchev–Trinajstić information content (AvgIpc) is 2.83. The Morgan fingerprint density at radius 1 is 1.35 bits per heavy atom. The van der Waals surface area contributed by atoms with Gasteiger partial charge in [0.2, 0.25) is 5.95 Å². The van der Waals surface area contributed by atoms with E-state index >= 15 is 0 Å². The standard InChI is InChI=1S/C14H22N6/c1-5-15-8-12-9-17-14(18-11(12)2)20(4)10-13-16-6-7-19(13)3/h6-7,9,15H,5,8,10H2,1-4H3. The number of hydrogen-bond donors (Lipinski definition) is 1. The molecule has 20 heavy (non-hydrogen) atoms. The zero-order valence-electron chi connectivity index (χ0n) is 12.6. The Morgan fingerprint density at radius 2 is 2.15 bits per heavy atom. The van der Waals surface area contributed by atoms with Gasteiger partial charge in [0.05, 0.1) is 6.54 Å². The summed E-state index contributed by atoms with van der Waals surface area (Å²) in [6.45, 7) is 6.55. The molecule has 2 heterocycles. The fourth-order valence-electron chi connectivity index (χ4n) is 1.93. The topological polar surface area (TPSA) is 58.9 Å². The maximum absolute atomic E-state index is 4.57. The van der Waals surface area contributed by atoms with Crippen molar-refractivity contribution in [2.24, 2.45) is 7.05 Å². The Labute approximate surface area is 119 Å². The lowest BCUT2D eigenvalue weighted by molar-refractivity contribution is 0.709. The molecule has 0 spiro atoms. The van der Waals surface area contributed by atoms with Crippen LogP contribution in [0.2, 0.25) is 0 Å². The highest BCUT2D eigenvalue weighted by Gasteiger charge is 2.10. The molecule has 0 aromatic carbocycles. The van der Waals surface area contributed by atoms with E-state index in [-0.39, 0.29) is 0 Å². The maximum atomic E-state index is 4.57. The monoisotopic (exact) mass is 274 g/mol. The van der Waals surface area contributed by atoms with Crippen molar-refractivity contribution in [2.45, 2.75) is 26.9 Å². The molecule has 0 aliphatic rings. The SMILES string of the molecule is CCNCc1cnc(N(C)Cc2nccn2C)nc1C. The van der Waals surface area contributed by atoms with E-state index in [4.69, 9.17) is 0 Å². The minimum absolute atomic E-state index is 0.690. The van der Waals surface area contributed by atoms with E-state index in [9.17, 15) is 0 Å². The number of aryl methyl sites for hydroxylation is 2. The second-order valence-corrected chi connectivity index (χ2v) is 4.87. The first kappa shape index (κ1) is 14.5. The third-order valence-corrected chi connectivity index (χ3v) is 3.27. The number of hydrogen-bond acceptors (Lipinski definition) is 5. The molecule has 2 aromatic rings. The first-order valence-electron chi connectivity index (χ1n) is 6.82. The van der Waals surface area contributed by atoms with E-state index in [1.165, 1.54) is 0 Å². The molecule has 0 aliphatic heterocycles. The minimum Gasteiger partial charge on any atom is -0.337 e. The largest absolute Gasteiger partial charge is 0.337 e. The van der Waals surface area contributed by atoms with Crippen molar-refractivity contribution < 1.29 is 0 Å². The molecule has 0 amide bonds. The smallest absolute Gasteiger partial charge is 0.225 e. The van der Waals surface area contributed by atoms with Crippen molar-refractivity contribution in [3.05, 3.63) is 35.7 Å². The summed E-state index contributed by atoms with van der Waals surface area (Å²) in [5.74, 6) is 1.72. The third-order valence-electron chi connectivity index (χ3n) is 3.27. The van der Waals surface area contributed by atoms with Crippen molar-refractivity contribution in [3.8, 4) is 0 Å². The fraction of sp³-hybridized carbons (Fsp3) is 0.500. The molecule has 1 N–H and O–H groups in total. The molecule has 0 bridgehead atoms. The summed E-state index contributed by atoms with van der Waals surface area (Å²) in [5.41, 5.74) is 2.16. The van der Waals surface area contributed by atoms with E-state index in [1.807, 2.05) is 42.9 Å². The van der Waals surface area contributed by atoms with Crippen LogP contribution in [-0.2, 0) is 20.1 Å². The zero-order valence-corrected chi connectivity index (χ0v) is 12.6. The second kappa shape index (κ2) is 6.47. The van der Waals surface area contributed by atoms with E-state index in [1.54, 1.807) is 6.20 Å². The average molecular weight is 274 g/mol. The van der Waals surface area contributed by atoms with Crippen LogP contribution in [0.15, 0.2) is 18.6 Å². The lowest BCUT2D eigenvalue weighted by Gasteiger charge is -2.17. The molecule has 6 heteroatoms.